The topological polar surface area (TPSA) is 95.2 Å². The minimum absolute atomic E-state index is 0.0309. The van der Waals surface area contributed by atoms with Crippen molar-refractivity contribution in [1.82, 2.24) is 9.97 Å². The van der Waals surface area contributed by atoms with Gasteiger partial charge in [0, 0.05) is 16.8 Å². The third-order valence-electron chi connectivity index (χ3n) is 2.81. The highest BCUT2D eigenvalue weighted by atomic mass is 35.5. The maximum absolute atomic E-state index is 12.0. The quantitative estimate of drug-likeness (QED) is 0.276. The normalized spacial score (nSPS) is 10.8. The number of hydrogen-bond acceptors (Lipinski definition) is 7. The summed E-state index contributed by atoms with van der Waals surface area (Å²) in [6, 6.07) is 6.58. The van der Waals surface area contributed by atoms with Crippen molar-refractivity contribution in [1.29, 1.82) is 0 Å². The van der Waals surface area contributed by atoms with E-state index in [1.165, 1.54) is 12.3 Å². The number of allylic oxidation sites excluding steroid dienone is 1. The molecule has 0 amide bonds. The zero-order valence-corrected chi connectivity index (χ0v) is 14.3. The van der Waals surface area contributed by atoms with Crippen molar-refractivity contribution in [2.75, 3.05) is 12.3 Å². The number of ether oxygens (including phenoxy) is 1. The second-order valence-electron chi connectivity index (χ2n) is 4.46. The summed E-state index contributed by atoms with van der Waals surface area (Å²) in [6.45, 7) is 1.94. The van der Waals surface area contributed by atoms with Crippen LogP contribution in [0.25, 0.3) is 0 Å². The number of carbonyl (C=O) groups is 2. The third kappa shape index (κ3) is 4.81. The molecule has 1 heterocycles. The fourth-order valence-corrected chi connectivity index (χ4v) is 2.37. The number of halogens is 1. The van der Waals surface area contributed by atoms with Crippen LogP contribution < -0.4 is 5.73 Å². The van der Waals surface area contributed by atoms with Gasteiger partial charge in [0.25, 0.3) is 0 Å². The van der Waals surface area contributed by atoms with Gasteiger partial charge in [-0.15, -0.1) is 0 Å². The van der Waals surface area contributed by atoms with Gasteiger partial charge in [-0.3, -0.25) is 4.79 Å². The third-order valence-corrected chi connectivity index (χ3v) is 3.74. The van der Waals surface area contributed by atoms with Gasteiger partial charge in [-0.25, -0.2) is 14.8 Å². The van der Waals surface area contributed by atoms with E-state index in [1.807, 2.05) is 0 Å². The largest absolute Gasteiger partial charge is 0.462 e. The molecule has 0 spiro atoms. The molecule has 0 bridgehead atoms. The van der Waals surface area contributed by atoms with Gasteiger partial charge >= 0.3 is 5.97 Å². The summed E-state index contributed by atoms with van der Waals surface area (Å²) in [7, 11) is 0. The lowest BCUT2D eigenvalue weighted by Crippen LogP contribution is -2.10. The molecule has 2 N–H and O–H groups in total. The van der Waals surface area contributed by atoms with Crippen LogP contribution in [-0.2, 0) is 4.74 Å². The van der Waals surface area contributed by atoms with E-state index in [2.05, 4.69) is 9.97 Å². The summed E-state index contributed by atoms with van der Waals surface area (Å²) in [5, 5.41) is 2.44. The van der Waals surface area contributed by atoms with Crippen molar-refractivity contribution in [3.8, 4) is 0 Å². The Morgan fingerprint density at radius 3 is 2.67 bits per heavy atom. The van der Waals surface area contributed by atoms with Gasteiger partial charge < -0.3 is 10.5 Å². The molecular formula is C16H14ClN3O3S. The number of thioether (sulfide) groups is 1. The van der Waals surface area contributed by atoms with E-state index in [9.17, 15) is 9.59 Å². The van der Waals surface area contributed by atoms with Gasteiger partial charge in [0.05, 0.1) is 6.61 Å². The number of hydrogen-bond donors (Lipinski definition) is 1. The standard InChI is InChI=1S/C16H14ClN3O3S/c1-2-23-15(22)12-9-19-16(20-14(12)18)24-8-7-13(21)10-3-5-11(17)6-4-10/h3-9H,2H2,1H3,(H2,18,19,20). The molecule has 1 aromatic heterocycles. The van der Waals surface area contributed by atoms with Crippen LogP contribution in [0.3, 0.4) is 0 Å². The van der Waals surface area contributed by atoms with E-state index in [-0.39, 0.29) is 23.8 Å². The van der Waals surface area contributed by atoms with Gasteiger partial charge in [0.15, 0.2) is 10.9 Å². The van der Waals surface area contributed by atoms with E-state index in [0.29, 0.717) is 15.7 Å². The Morgan fingerprint density at radius 1 is 1.33 bits per heavy atom. The molecule has 124 valence electrons. The summed E-state index contributed by atoms with van der Waals surface area (Å²) in [5.74, 6) is -0.710. The van der Waals surface area contributed by atoms with Crippen molar-refractivity contribution < 1.29 is 14.3 Å². The minimum atomic E-state index is -0.569. The molecule has 0 aliphatic heterocycles. The highest BCUT2D eigenvalue weighted by molar-refractivity contribution is 8.02. The maximum atomic E-state index is 12.0. The number of nitrogens with two attached hydrogens (primary N) is 1. The maximum Gasteiger partial charge on any atom is 0.343 e. The van der Waals surface area contributed by atoms with Crippen LogP contribution in [-0.4, -0.2) is 28.3 Å². The van der Waals surface area contributed by atoms with E-state index in [4.69, 9.17) is 22.1 Å². The molecule has 0 radical (unpaired) electrons. The lowest BCUT2D eigenvalue weighted by molar-refractivity contribution is 0.0526. The molecule has 0 fully saturated rings. The highest BCUT2D eigenvalue weighted by Crippen LogP contribution is 2.18. The van der Waals surface area contributed by atoms with Gasteiger partial charge in [0.1, 0.15) is 11.4 Å². The first-order chi connectivity index (χ1) is 11.5. The summed E-state index contributed by atoms with van der Waals surface area (Å²) >= 11 is 6.89. The van der Waals surface area contributed by atoms with Gasteiger partial charge in [-0.2, -0.15) is 0 Å². The van der Waals surface area contributed by atoms with Crippen LogP contribution >= 0.6 is 23.4 Å². The first-order valence-electron chi connectivity index (χ1n) is 6.94. The Labute approximate surface area is 148 Å². The second-order valence-corrected chi connectivity index (χ2v) is 5.77. The number of nitrogens with zero attached hydrogens (tertiary/aromatic N) is 2. The molecule has 0 atom stereocenters. The average Bonchev–Trinajstić information content (AvgIpc) is 2.55. The minimum Gasteiger partial charge on any atom is -0.462 e. The van der Waals surface area contributed by atoms with Crippen LogP contribution in [0.4, 0.5) is 5.82 Å². The van der Waals surface area contributed by atoms with Crippen molar-refractivity contribution in [3.63, 3.8) is 0 Å². The van der Waals surface area contributed by atoms with Crippen molar-refractivity contribution in [2.24, 2.45) is 0 Å². The monoisotopic (exact) mass is 363 g/mol. The van der Waals surface area contributed by atoms with E-state index >= 15 is 0 Å². The number of aromatic nitrogens is 2. The Bertz CT molecular complexity index is 779. The lowest BCUT2D eigenvalue weighted by atomic mass is 10.1. The summed E-state index contributed by atoms with van der Waals surface area (Å²) in [4.78, 5) is 31.6. The first-order valence-corrected chi connectivity index (χ1v) is 8.19. The Morgan fingerprint density at radius 2 is 2.04 bits per heavy atom. The number of anilines is 1. The number of esters is 1. The van der Waals surface area contributed by atoms with E-state index < -0.39 is 5.97 Å². The number of nitrogen functional groups attached to an aromatic ring is 1. The van der Waals surface area contributed by atoms with Crippen molar-refractivity contribution in [3.05, 3.63) is 58.1 Å². The number of benzene rings is 1. The molecule has 0 aliphatic rings. The molecule has 8 heteroatoms. The predicted molar refractivity (Wildman–Crippen MR) is 93.2 cm³/mol. The molecule has 0 aliphatic carbocycles. The zero-order valence-electron chi connectivity index (χ0n) is 12.7. The fraction of sp³-hybridized carbons (Fsp3) is 0.125. The Balaban J connectivity index is 2.01. The summed E-state index contributed by atoms with van der Waals surface area (Å²) in [6.07, 6.45) is 2.70. The molecule has 24 heavy (non-hydrogen) atoms. The number of rotatable bonds is 6. The summed E-state index contributed by atoms with van der Waals surface area (Å²) in [5.41, 5.74) is 6.36. The van der Waals surface area contributed by atoms with E-state index in [0.717, 1.165) is 11.8 Å². The average molecular weight is 364 g/mol. The molecular weight excluding hydrogens is 350 g/mol. The lowest BCUT2D eigenvalue weighted by Gasteiger charge is -2.04. The number of carbonyl (C=O) groups excluding carboxylic acids is 2. The smallest absolute Gasteiger partial charge is 0.343 e. The van der Waals surface area contributed by atoms with Crippen LogP contribution in [0.2, 0.25) is 5.02 Å². The molecule has 0 saturated carbocycles. The summed E-state index contributed by atoms with van der Waals surface area (Å²) < 4.78 is 4.84. The van der Waals surface area contributed by atoms with Crippen LogP contribution in [0, 0.1) is 0 Å². The SMILES string of the molecule is CCOC(=O)c1cnc(SC=CC(=O)c2ccc(Cl)cc2)nc1N. The molecule has 1 aromatic carbocycles. The number of ketones is 1. The molecule has 2 rings (SSSR count). The van der Waals surface area contributed by atoms with Crippen molar-refractivity contribution in [2.45, 2.75) is 12.1 Å². The zero-order chi connectivity index (χ0) is 17.5. The van der Waals surface area contributed by atoms with Crippen LogP contribution in [0.15, 0.2) is 47.1 Å². The Kier molecular flexibility index (Phi) is 6.34. The van der Waals surface area contributed by atoms with Crippen LogP contribution in [0.1, 0.15) is 27.6 Å². The first kappa shape index (κ1) is 18.0. The van der Waals surface area contributed by atoms with Crippen LogP contribution in [0.5, 0.6) is 0 Å². The predicted octanol–water partition coefficient (Wildman–Crippen LogP) is 3.38. The molecule has 2 aromatic rings. The highest BCUT2D eigenvalue weighted by Gasteiger charge is 2.13. The van der Waals surface area contributed by atoms with E-state index in [1.54, 1.807) is 36.6 Å². The molecule has 6 nitrogen and oxygen atoms in total. The van der Waals surface area contributed by atoms with Gasteiger partial charge in [-0.05, 0) is 42.7 Å². The second kappa shape index (κ2) is 8.47. The fourth-order valence-electron chi connectivity index (χ4n) is 1.67. The van der Waals surface area contributed by atoms with Gasteiger partial charge in [0.2, 0.25) is 0 Å². The molecule has 0 unspecified atom stereocenters. The Hall–Kier alpha value is -2.38. The van der Waals surface area contributed by atoms with Gasteiger partial charge in [-0.1, -0.05) is 23.4 Å². The van der Waals surface area contributed by atoms with Crippen molar-refractivity contribution >= 4 is 40.9 Å². The molecule has 0 saturated heterocycles.